The van der Waals surface area contributed by atoms with Gasteiger partial charge in [0.25, 0.3) is 5.95 Å². The summed E-state index contributed by atoms with van der Waals surface area (Å²) in [6.45, 7) is 1.29. The number of nitrogen functional groups attached to an aromatic ring is 2. The van der Waals surface area contributed by atoms with Crippen molar-refractivity contribution in [2.45, 2.75) is 35.2 Å². The number of halogens is 2. The van der Waals surface area contributed by atoms with Crippen LogP contribution in [0.25, 0.3) is 0 Å². The van der Waals surface area contributed by atoms with E-state index >= 15 is 0 Å². The van der Waals surface area contributed by atoms with E-state index in [1.54, 1.807) is 6.07 Å². The monoisotopic (exact) mass is 561 g/mol. The average molecular weight is 562 g/mol. The summed E-state index contributed by atoms with van der Waals surface area (Å²) in [7, 11) is 0. The van der Waals surface area contributed by atoms with Crippen LogP contribution in [0.1, 0.15) is 30.0 Å². The van der Waals surface area contributed by atoms with E-state index in [0.717, 1.165) is 31.0 Å². The zero-order chi connectivity index (χ0) is 27.6. The van der Waals surface area contributed by atoms with Gasteiger partial charge in [0.1, 0.15) is 10.8 Å². The molecule has 38 heavy (non-hydrogen) atoms. The van der Waals surface area contributed by atoms with Crippen molar-refractivity contribution in [3.63, 3.8) is 0 Å². The highest BCUT2D eigenvalue weighted by Crippen LogP contribution is 2.51. The molecule has 1 spiro atoms. The fraction of sp³-hybridized carbons (Fsp3) is 0.292. The molecule has 0 bridgehead atoms. The summed E-state index contributed by atoms with van der Waals surface area (Å²) in [6, 6.07) is 10.0. The second-order valence-corrected chi connectivity index (χ2v) is 10.4. The van der Waals surface area contributed by atoms with Gasteiger partial charge in [0, 0.05) is 30.2 Å². The molecule has 14 heteroatoms. The molecule has 1 aromatic carbocycles. The molecule has 0 unspecified atom stereocenters. The third-order valence-electron chi connectivity index (χ3n) is 6.75. The minimum Gasteiger partial charge on any atom is -0.473 e. The molecular weight excluding hydrogens is 537 g/mol. The number of carbonyl (C=O) groups is 2. The predicted molar refractivity (Wildman–Crippen MR) is 140 cm³/mol. The predicted octanol–water partition coefficient (Wildman–Crippen LogP) is 2.98. The third-order valence-corrected chi connectivity index (χ3v) is 8.31. The number of carboxylic acids is 2. The second kappa shape index (κ2) is 11.0. The van der Waals surface area contributed by atoms with Crippen LogP contribution in [-0.4, -0.2) is 50.2 Å². The highest BCUT2D eigenvalue weighted by Gasteiger charge is 2.46. The van der Waals surface area contributed by atoms with E-state index in [1.165, 1.54) is 17.3 Å². The van der Waals surface area contributed by atoms with Gasteiger partial charge < -0.3 is 32.3 Å². The summed E-state index contributed by atoms with van der Waals surface area (Å²) in [5, 5.41) is 15.3. The van der Waals surface area contributed by atoms with Crippen molar-refractivity contribution >= 4 is 52.8 Å². The lowest BCUT2D eigenvalue weighted by molar-refractivity contribution is -0.159. The van der Waals surface area contributed by atoms with Crippen LogP contribution in [-0.2, 0) is 16.0 Å². The molecule has 0 radical (unpaired) electrons. The molecule has 2 aromatic heterocycles. The molecule has 11 nitrogen and oxygen atoms in total. The largest absolute Gasteiger partial charge is 0.473 e. The number of rotatable bonds is 3. The molecule has 3 heterocycles. The van der Waals surface area contributed by atoms with Crippen molar-refractivity contribution in [2.75, 3.05) is 29.5 Å². The van der Waals surface area contributed by atoms with E-state index in [9.17, 15) is 4.39 Å². The number of nitrogens with zero attached hydrogens (tertiary/aromatic N) is 4. The maximum absolute atomic E-state index is 15.0. The molecule has 2 aliphatic rings. The summed E-state index contributed by atoms with van der Waals surface area (Å²) >= 11 is 7.29. The molecule has 5 rings (SSSR count). The zero-order valence-electron chi connectivity index (χ0n) is 20.0. The van der Waals surface area contributed by atoms with Gasteiger partial charge in [0.2, 0.25) is 0 Å². The molecule has 8 N–H and O–H groups in total. The number of piperidine rings is 1. The number of pyridine rings is 1. The van der Waals surface area contributed by atoms with Gasteiger partial charge in [-0.25, -0.2) is 24.5 Å². The van der Waals surface area contributed by atoms with Crippen LogP contribution >= 0.6 is 23.4 Å². The first-order chi connectivity index (χ1) is 18.0. The minimum atomic E-state index is -1.82. The Morgan fingerprint density at radius 3 is 2.37 bits per heavy atom. The van der Waals surface area contributed by atoms with Gasteiger partial charge in [-0.2, -0.15) is 4.39 Å². The summed E-state index contributed by atoms with van der Waals surface area (Å²) in [5.74, 6) is -3.80. The first kappa shape index (κ1) is 27.4. The van der Waals surface area contributed by atoms with Crippen molar-refractivity contribution in [1.29, 1.82) is 0 Å². The highest BCUT2D eigenvalue weighted by atomic mass is 35.5. The van der Waals surface area contributed by atoms with Crippen LogP contribution < -0.4 is 22.1 Å². The van der Waals surface area contributed by atoms with E-state index in [4.69, 9.17) is 48.6 Å². The summed E-state index contributed by atoms with van der Waals surface area (Å²) in [4.78, 5) is 33.0. The van der Waals surface area contributed by atoms with Crippen molar-refractivity contribution in [1.82, 2.24) is 15.0 Å². The Labute approximate surface area is 226 Å². The first-order valence-electron chi connectivity index (χ1n) is 11.5. The lowest BCUT2D eigenvalue weighted by Crippen LogP contribution is -2.45. The minimum absolute atomic E-state index is 0.00169. The average Bonchev–Trinajstić information content (AvgIpc) is 3.16. The number of fused-ring (bicyclic) bond motifs is 1. The van der Waals surface area contributed by atoms with E-state index < -0.39 is 17.9 Å². The molecule has 0 saturated carbocycles. The number of benzene rings is 1. The van der Waals surface area contributed by atoms with Crippen molar-refractivity contribution < 1.29 is 24.2 Å². The summed E-state index contributed by atoms with van der Waals surface area (Å²) in [6.07, 6.45) is 4.19. The Hall–Kier alpha value is -3.68. The molecule has 1 aliphatic carbocycles. The van der Waals surface area contributed by atoms with Crippen molar-refractivity contribution in [3.05, 3.63) is 58.6 Å². The number of aromatic nitrogens is 3. The molecular formula is C24H25ClFN7O4S. The van der Waals surface area contributed by atoms with Gasteiger partial charge in [0.05, 0.1) is 5.02 Å². The Kier molecular flexibility index (Phi) is 7.90. The van der Waals surface area contributed by atoms with Crippen LogP contribution in [0.3, 0.4) is 0 Å². The van der Waals surface area contributed by atoms with Crippen molar-refractivity contribution in [3.8, 4) is 0 Å². The third kappa shape index (κ3) is 5.44. The fourth-order valence-electron chi connectivity index (χ4n) is 4.77. The van der Waals surface area contributed by atoms with Gasteiger partial charge in [-0.3, -0.25) is 0 Å². The number of hydrogen-bond acceptors (Lipinski definition) is 10. The van der Waals surface area contributed by atoms with Gasteiger partial charge in [0.15, 0.2) is 11.6 Å². The number of anilines is 3. The second-order valence-electron chi connectivity index (χ2n) is 8.95. The molecule has 1 atom stereocenters. The maximum atomic E-state index is 15.0. The van der Waals surface area contributed by atoms with Gasteiger partial charge >= 0.3 is 11.9 Å². The number of hydrogen-bond donors (Lipinski definition) is 5. The Morgan fingerprint density at radius 2 is 1.74 bits per heavy atom. The van der Waals surface area contributed by atoms with E-state index in [-0.39, 0.29) is 39.0 Å². The van der Waals surface area contributed by atoms with Crippen LogP contribution in [0.5, 0.6) is 0 Å². The van der Waals surface area contributed by atoms with Gasteiger partial charge in [-0.15, -0.1) is 0 Å². The molecule has 1 aliphatic heterocycles. The zero-order valence-corrected chi connectivity index (χ0v) is 21.5. The van der Waals surface area contributed by atoms with Crippen LogP contribution in [0.15, 0.2) is 46.5 Å². The van der Waals surface area contributed by atoms with Gasteiger partial charge in [-0.05, 0) is 41.9 Å². The number of aliphatic carboxylic acids is 2. The van der Waals surface area contributed by atoms with Crippen molar-refractivity contribution in [2.24, 2.45) is 11.1 Å². The molecule has 3 aromatic rings. The summed E-state index contributed by atoms with van der Waals surface area (Å²) < 4.78 is 15.0. The Morgan fingerprint density at radius 1 is 1.08 bits per heavy atom. The maximum Gasteiger partial charge on any atom is 0.414 e. The number of nitrogens with two attached hydrogens (primary N) is 3. The quantitative estimate of drug-likeness (QED) is 0.294. The standard InChI is InChI=1S/C22H23ClFN7S.C2H2O4/c23-15-14(5-8-28-18(15)26)32-21-19(27)30-20(17(24)29-21)31-9-6-22(7-10-31)11-12-3-1-2-4-13(12)16(22)25;3-1(4)2(5)6/h1-5,8,16H,6-7,9-11,25H2,(H2,26,28)(H2,27,30);(H,3,4)(H,5,6)/t16-;/m1./s1. The smallest absolute Gasteiger partial charge is 0.414 e. The Bertz CT molecular complexity index is 1380. The van der Waals surface area contributed by atoms with Crippen LogP contribution in [0, 0.1) is 11.4 Å². The lowest BCUT2D eigenvalue weighted by atomic mass is 9.73. The molecule has 0 amide bonds. The topological polar surface area (TPSA) is 195 Å². The van der Waals surface area contributed by atoms with Crippen LogP contribution in [0.2, 0.25) is 5.02 Å². The number of carboxylic acid groups (broad SMARTS) is 2. The lowest BCUT2D eigenvalue weighted by Gasteiger charge is -2.42. The fourth-order valence-corrected chi connectivity index (χ4v) is 5.81. The Balaban J connectivity index is 0.000000505. The van der Waals surface area contributed by atoms with E-state index in [1.807, 2.05) is 11.0 Å². The van der Waals surface area contributed by atoms with E-state index in [0.29, 0.717) is 18.0 Å². The van der Waals surface area contributed by atoms with Gasteiger partial charge in [-0.1, -0.05) is 47.6 Å². The highest BCUT2D eigenvalue weighted by molar-refractivity contribution is 7.99. The van der Waals surface area contributed by atoms with Crippen LogP contribution in [0.4, 0.5) is 21.8 Å². The molecule has 1 fully saturated rings. The molecule has 1 saturated heterocycles. The first-order valence-corrected chi connectivity index (χ1v) is 12.7. The summed E-state index contributed by atoms with van der Waals surface area (Å²) in [5.41, 5.74) is 21.1. The SMILES string of the molecule is Nc1nc(N2CCC3(CC2)Cc2ccccc2[C@H]3N)c(F)nc1Sc1ccnc(N)c1Cl.O=C(O)C(=O)O. The molecule has 200 valence electrons. The van der Waals surface area contributed by atoms with E-state index in [2.05, 4.69) is 33.2 Å². The normalized spacial score (nSPS) is 17.4.